The zero-order chi connectivity index (χ0) is 8.97. The monoisotopic (exact) mass is 167 g/mol. The first kappa shape index (κ1) is 9.26. The van der Waals surface area contributed by atoms with Crippen LogP contribution in [0.25, 0.3) is 0 Å². The lowest BCUT2D eigenvalue weighted by atomic mass is 10.1. The number of rotatable bonds is 4. The highest BCUT2D eigenvalue weighted by Crippen LogP contribution is 2.13. The maximum absolute atomic E-state index is 5.94. The van der Waals surface area contributed by atoms with E-state index in [1.807, 2.05) is 17.8 Å². The number of aromatic nitrogens is 2. The molecule has 1 rings (SSSR count). The standard InChI is InChI=1S/C9H17N3/c1-3-4-5-8(10)9-11-6-7-12(9)2/h6-8H,3-5,10H2,1-2H3. The smallest absolute Gasteiger partial charge is 0.125 e. The molecular formula is C9H17N3. The lowest BCUT2D eigenvalue weighted by molar-refractivity contribution is 0.557. The number of nitrogens with zero attached hydrogens (tertiary/aromatic N) is 2. The van der Waals surface area contributed by atoms with Crippen LogP contribution in [0.2, 0.25) is 0 Å². The van der Waals surface area contributed by atoms with Gasteiger partial charge < -0.3 is 10.3 Å². The summed E-state index contributed by atoms with van der Waals surface area (Å²) in [5, 5.41) is 0. The average Bonchev–Trinajstić information content (AvgIpc) is 2.47. The van der Waals surface area contributed by atoms with Gasteiger partial charge in [-0.25, -0.2) is 4.98 Å². The first-order chi connectivity index (χ1) is 5.75. The number of hydrogen-bond acceptors (Lipinski definition) is 2. The summed E-state index contributed by atoms with van der Waals surface area (Å²) < 4.78 is 1.99. The Morgan fingerprint density at radius 3 is 2.92 bits per heavy atom. The molecule has 1 aromatic heterocycles. The second kappa shape index (κ2) is 4.26. The lowest BCUT2D eigenvalue weighted by Crippen LogP contribution is -2.14. The minimum atomic E-state index is 0.102. The van der Waals surface area contributed by atoms with E-state index < -0.39 is 0 Å². The van der Waals surface area contributed by atoms with Gasteiger partial charge in [0.05, 0.1) is 6.04 Å². The molecule has 1 aromatic rings. The van der Waals surface area contributed by atoms with Gasteiger partial charge in [-0.3, -0.25) is 0 Å². The van der Waals surface area contributed by atoms with Crippen molar-refractivity contribution in [1.82, 2.24) is 9.55 Å². The topological polar surface area (TPSA) is 43.8 Å². The third-order valence-corrected chi connectivity index (χ3v) is 2.06. The van der Waals surface area contributed by atoms with Gasteiger partial charge in [-0.2, -0.15) is 0 Å². The van der Waals surface area contributed by atoms with E-state index in [0.29, 0.717) is 0 Å². The third kappa shape index (κ3) is 2.08. The molecule has 3 heteroatoms. The number of imidazole rings is 1. The SMILES string of the molecule is CCCCC(N)c1nccn1C. The van der Waals surface area contributed by atoms with Gasteiger partial charge in [0.2, 0.25) is 0 Å². The van der Waals surface area contributed by atoms with Crippen LogP contribution in [0.1, 0.15) is 38.1 Å². The van der Waals surface area contributed by atoms with Crippen molar-refractivity contribution in [3.8, 4) is 0 Å². The number of nitrogens with two attached hydrogens (primary N) is 1. The maximum Gasteiger partial charge on any atom is 0.125 e. The normalized spacial score (nSPS) is 13.2. The maximum atomic E-state index is 5.94. The van der Waals surface area contributed by atoms with Crippen LogP contribution in [-0.4, -0.2) is 9.55 Å². The first-order valence-corrected chi connectivity index (χ1v) is 4.48. The summed E-state index contributed by atoms with van der Waals surface area (Å²) in [6.45, 7) is 2.17. The Hall–Kier alpha value is -0.830. The summed E-state index contributed by atoms with van der Waals surface area (Å²) >= 11 is 0. The Balaban J connectivity index is 2.52. The number of unbranched alkanes of at least 4 members (excludes halogenated alkanes) is 1. The molecule has 0 saturated carbocycles. The first-order valence-electron chi connectivity index (χ1n) is 4.48. The minimum Gasteiger partial charge on any atom is -0.337 e. The van der Waals surface area contributed by atoms with E-state index >= 15 is 0 Å². The largest absolute Gasteiger partial charge is 0.337 e. The van der Waals surface area contributed by atoms with Crippen molar-refractivity contribution >= 4 is 0 Å². The van der Waals surface area contributed by atoms with Crippen molar-refractivity contribution in [3.05, 3.63) is 18.2 Å². The molecule has 0 amide bonds. The van der Waals surface area contributed by atoms with Crippen LogP contribution in [0.5, 0.6) is 0 Å². The number of hydrogen-bond donors (Lipinski definition) is 1. The molecule has 0 spiro atoms. The average molecular weight is 167 g/mol. The molecule has 0 aliphatic rings. The second-order valence-corrected chi connectivity index (χ2v) is 3.15. The summed E-state index contributed by atoms with van der Waals surface area (Å²) in [5.41, 5.74) is 5.94. The molecule has 0 fully saturated rings. The summed E-state index contributed by atoms with van der Waals surface area (Å²) in [4.78, 5) is 4.21. The predicted molar refractivity (Wildman–Crippen MR) is 49.7 cm³/mol. The zero-order valence-corrected chi connectivity index (χ0v) is 7.83. The van der Waals surface area contributed by atoms with Gasteiger partial charge in [-0.1, -0.05) is 19.8 Å². The van der Waals surface area contributed by atoms with Crippen molar-refractivity contribution in [2.45, 2.75) is 32.2 Å². The Labute approximate surface area is 73.6 Å². The molecule has 12 heavy (non-hydrogen) atoms. The van der Waals surface area contributed by atoms with Crippen molar-refractivity contribution < 1.29 is 0 Å². The zero-order valence-electron chi connectivity index (χ0n) is 7.83. The molecule has 0 bridgehead atoms. The van der Waals surface area contributed by atoms with E-state index in [0.717, 1.165) is 12.2 Å². The highest BCUT2D eigenvalue weighted by atomic mass is 15.1. The molecule has 1 atom stereocenters. The van der Waals surface area contributed by atoms with Crippen LogP contribution in [0, 0.1) is 0 Å². The van der Waals surface area contributed by atoms with Gasteiger partial charge in [0, 0.05) is 19.4 Å². The van der Waals surface area contributed by atoms with Gasteiger partial charge in [0.25, 0.3) is 0 Å². The fourth-order valence-corrected chi connectivity index (χ4v) is 1.29. The van der Waals surface area contributed by atoms with Crippen molar-refractivity contribution in [3.63, 3.8) is 0 Å². The van der Waals surface area contributed by atoms with E-state index in [9.17, 15) is 0 Å². The van der Waals surface area contributed by atoms with Crippen LogP contribution in [0.15, 0.2) is 12.4 Å². The van der Waals surface area contributed by atoms with Crippen LogP contribution >= 0.6 is 0 Å². The van der Waals surface area contributed by atoms with Crippen LogP contribution in [0.4, 0.5) is 0 Å². The molecule has 3 nitrogen and oxygen atoms in total. The molecule has 1 unspecified atom stereocenters. The Morgan fingerprint density at radius 2 is 2.42 bits per heavy atom. The van der Waals surface area contributed by atoms with Gasteiger partial charge in [0.1, 0.15) is 5.82 Å². The summed E-state index contributed by atoms with van der Waals surface area (Å²) in [6.07, 6.45) is 7.12. The van der Waals surface area contributed by atoms with Crippen LogP contribution in [0.3, 0.4) is 0 Å². The fourth-order valence-electron chi connectivity index (χ4n) is 1.29. The quantitative estimate of drug-likeness (QED) is 0.740. The van der Waals surface area contributed by atoms with Crippen molar-refractivity contribution in [1.29, 1.82) is 0 Å². The molecule has 0 aliphatic carbocycles. The van der Waals surface area contributed by atoms with Crippen molar-refractivity contribution in [2.24, 2.45) is 12.8 Å². The van der Waals surface area contributed by atoms with Gasteiger partial charge >= 0.3 is 0 Å². The molecule has 1 heterocycles. The van der Waals surface area contributed by atoms with Gasteiger partial charge in [-0.15, -0.1) is 0 Å². The number of aryl methyl sites for hydroxylation is 1. The fraction of sp³-hybridized carbons (Fsp3) is 0.667. The molecule has 0 saturated heterocycles. The molecule has 68 valence electrons. The van der Waals surface area contributed by atoms with E-state index in [2.05, 4.69) is 11.9 Å². The third-order valence-electron chi connectivity index (χ3n) is 2.06. The predicted octanol–water partition coefficient (Wildman–Crippen LogP) is 1.61. The summed E-state index contributed by atoms with van der Waals surface area (Å²) in [6, 6.07) is 0.102. The highest BCUT2D eigenvalue weighted by Gasteiger charge is 2.08. The highest BCUT2D eigenvalue weighted by molar-refractivity contribution is 4.97. The Bertz CT molecular complexity index is 229. The van der Waals surface area contributed by atoms with Crippen molar-refractivity contribution in [2.75, 3.05) is 0 Å². The Kier molecular flexibility index (Phi) is 3.29. The van der Waals surface area contributed by atoms with Gasteiger partial charge in [0.15, 0.2) is 0 Å². The molecule has 0 radical (unpaired) electrons. The van der Waals surface area contributed by atoms with Gasteiger partial charge in [-0.05, 0) is 6.42 Å². The van der Waals surface area contributed by atoms with Crippen LogP contribution < -0.4 is 5.73 Å². The van der Waals surface area contributed by atoms with Crippen LogP contribution in [-0.2, 0) is 7.05 Å². The minimum absolute atomic E-state index is 0.102. The van der Waals surface area contributed by atoms with E-state index in [1.165, 1.54) is 12.8 Å². The molecule has 2 N–H and O–H groups in total. The Morgan fingerprint density at radius 1 is 1.67 bits per heavy atom. The van der Waals surface area contributed by atoms with E-state index in [-0.39, 0.29) is 6.04 Å². The van der Waals surface area contributed by atoms with E-state index in [1.54, 1.807) is 6.20 Å². The molecule has 0 aliphatic heterocycles. The lowest BCUT2D eigenvalue weighted by Gasteiger charge is -2.10. The van der Waals surface area contributed by atoms with E-state index in [4.69, 9.17) is 5.73 Å². The second-order valence-electron chi connectivity index (χ2n) is 3.15. The molecule has 0 aromatic carbocycles. The molecular weight excluding hydrogens is 150 g/mol. The summed E-state index contributed by atoms with van der Waals surface area (Å²) in [7, 11) is 1.98. The summed E-state index contributed by atoms with van der Waals surface area (Å²) in [5.74, 6) is 0.989.